The second kappa shape index (κ2) is 10.6. The van der Waals surface area contributed by atoms with E-state index in [4.69, 9.17) is 9.47 Å². The summed E-state index contributed by atoms with van der Waals surface area (Å²) in [5, 5.41) is 6.25. The van der Waals surface area contributed by atoms with Gasteiger partial charge in [-0.1, -0.05) is 0 Å². The van der Waals surface area contributed by atoms with Gasteiger partial charge in [-0.15, -0.1) is 0 Å². The number of methoxy groups -OCH3 is 1. The van der Waals surface area contributed by atoms with Crippen molar-refractivity contribution in [2.75, 3.05) is 45.3 Å². The number of anilines is 1. The highest BCUT2D eigenvalue weighted by atomic mass is 16.6. The van der Waals surface area contributed by atoms with Crippen LogP contribution in [0.4, 0.5) is 10.5 Å². The summed E-state index contributed by atoms with van der Waals surface area (Å²) in [6.45, 7) is 4.78. The van der Waals surface area contributed by atoms with E-state index < -0.39 is 0 Å². The molecule has 144 valence electrons. The summed E-state index contributed by atoms with van der Waals surface area (Å²) in [5.74, 6) is -0.146. The molecule has 26 heavy (non-hydrogen) atoms. The zero-order valence-corrected chi connectivity index (χ0v) is 15.5. The summed E-state index contributed by atoms with van der Waals surface area (Å²) in [5.41, 5.74) is 1.33. The molecular weight excluding hydrogens is 336 g/mol. The number of piperidine rings is 1. The number of rotatable bonds is 8. The summed E-state index contributed by atoms with van der Waals surface area (Å²) >= 11 is 0. The van der Waals surface area contributed by atoms with Gasteiger partial charge in [0, 0.05) is 51.8 Å². The summed E-state index contributed by atoms with van der Waals surface area (Å²) in [4.78, 5) is 30.0. The van der Waals surface area contributed by atoms with Crippen molar-refractivity contribution in [1.29, 1.82) is 0 Å². The van der Waals surface area contributed by atoms with E-state index >= 15 is 0 Å². The summed E-state index contributed by atoms with van der Waals surface area (Å²) in [6.07, 6.45) is 5.28. The Bertz CT molecular complexity index is 588. The molecule has 0 atom stereocenters. The molecule has 1 aromatic rings. The summed E-state index contributed by atoms with van der Waals surface area (Å²) in [6, 6.07) is 1.84. The van der Waals surface area contributed by atoms with E-state index in [1.165, 1.54) is 0 Å². The van der Waals surface area contributed by atoms with E-state index in [-0.39, 0.29) is 18.0 Å². The van der Waals surface area contributed by atoms with Crippen LogP contribution in [0.5, 0.6) is 0 Å². The molecule has 2 rings (SSSR count). The molecule has 0 unspecified atom stereocenters. The van der Waals surface area contributed by atoms with E-state index in [1.807, 2.05) is 0 Å². The van der Waals surface area contributed by atoms with Crippen LogP contribution in [-0.2, 0) is 9.47 Å². The quantitative estimate of drug-likeness (QED) is 0.684. The predicted octanol–water partition coefficient (Wildman–Crippen LogP) is 1.88. The van der Waals surface area contributed by atoms with Crippen LogP contribution in [0.25, 0.3) is 0 Å². The number of aromatic nitrogens is 1. The van der Waals surface area contributed by atoms with Crippen LogP contribution in [0.1, 0.15) is 36.5 Å². The number of carbonyl (C=O) groups excluding carboxylic acids is 2. The van der Waals surface area contributed by atoms with E-state index in [2.05, 4.69) is 15.6 Å². The lowest BCUT2D eigenvalue weighted by Gasteiger charge is -2.31. The zero-order valence-electron chi connectivity index (χ0n) is 15.5. The molecule has 0 radical (unpaired) electrons. The van der Waals surface area contributed by atoms with Gasteiger partial charge in [0.1, 0.15) is 0 Å². The predicted molar refractivity (Wildman–Crippen MR) is 98.3 cm³/mol. The summed E-state index contributed by atoms with van der Waals surface area (Å²) < 4.78 is 10.0. The van der Waals surface area contributed by atoms with Crippen LogP contribution in [0, 0.1) is 0 Å². The molecule has 1 aromatic heterocycles. The maximum atomic E-state index is 12.5. The molecule has 1 aliphatic heterocycles. The third kappa shape index (κ3) is 6.18. The van der Waals surface area contributed by atoms with Gasteiger partial charge >= 0.3 is 6.09 Å². The van der Waals surface area contributed by atoms with Crippen molar-refractivity contribution < 1.29 is 19.1 Å². The number of ether oxygens (including phenoxy) is 2. The lowest BCUT2D eigenvalue weighted by molar-refractivity contribution is 0.0860. The van der Waals surface area contributed by atoms with Crippen molar-refractivity contribution in [3.8, 4) is 0 Å². The second-order valence-electron chi connectivity index (χ2n) is 6.17. The van der Waals surface area contributed by atoms with Crippen molar-refractivity contribution in [3.63, 3.8) is 0 Å². The molecule has 0 spiro atoms. The molecule has 2 amide bonds. The minimum absolute atomic E-state index is 0.0477. The fourth-order valence-electron chi connectivity index (χ4n) is 2.80. The minimum Gasteiger partial charge on any atom is -0.450 e. The molecule has 8 heteroatoms. The van der Waals surface area contributed by atoms with Gasteiger partial charge in [0.25, 0.3) is 5.91 Å². The molecule has 1 saturated heterocycles. The van der Waals surface area contributed by atoms with Crippen LogP contribution in [0.2, 0.25) is 0 Å². The molecule has 0 aliphatic carbocycles. The van der Waals surface area contributed by atoms with Crippen molar-refractivity contribution in [2.24, 2.45) is 0 Å². The smallest absolute Gasteiger partial charge is 0.409 e. The number of likely N-dealkylation sites (tertiary alicyclic amines) is 1. The number of hydrogen-bond acceptors (Lipinski definition) is 6. The van der Waals surface area contributed by atoms with Crippen LogP contribution >= 0.6 is 0 Å². The lowest BCUT2D eigenvalue weighted by Crippen LogP contribution is -2.46. The van der Waals surface area contributed by atoms with Gasteiger partial charge in [-0.05, 0) is 32.3 Å². The fraction of sp³-hybridized carbons (Fsp3) is 0.611. The molecule has 0 bridgehead atoms. The van der Waals surface area contributed by atoms with Crippen LogP contribution in [-0.4, -0.2) is 67.9 Å². The van der Waals surface area contributed by atoms with Gasteiger partial charge in [-0.2, -0.15) is 0 Å². The number of amides is 2. The molecular formula is C18H28N4O4. The van der Waals surface area contributed by atoms with Crippen LogP contribution in [0.15, 0.2) is 18.5 Å². The molecule has 1 aliphatic rings. The molecule has 1 fully saturated rings. The maximum Gasteiger partial charge on any atom is 0.409 e. The Morgan fingerprint density at radius 2 is 2.08 bits per heavy atom. The average Bonchev–Trinajstić information content (AvgIpc) is 2.66. The SMILES string of the molecule is CCOC(=O)N1CCC(NC(=O)c2cncc(NCCCOC)c2)CC1. The lowest BCUT2D eigenvalue weighted by atomic mass is 10.0. The molecule has 2 N–H and O–H groups in total. The van der Waals surface area contributed by atoms with Crippen molar-refractivity contribution in [2.45, 2.75) is 32.2 Å². The Hall–Kier alpha value is -2.35. The molecule has 2 heterocycles. The monoisotopic (exact) mass is 364 g/mol. The molecule has 8 nitrogen and oxygen atoms in total. The highest BCUT2D eigenvalue weighted by Crippen LogP contribution is 2.13. The number of pyridine rings is 1. The first-order valence-corrected chi connectivity index (χ1v) is 9.04. The molecule has 0 saturated carbocycles. The first kappa shape index (κ1) is 20.0. The van der Waals surface area contributed by atoms with Gasteiger partial charge in [0.15, 0.2) is 0 Å². The Kier molecular flexibility index (Phi) is 8.14. The topological polar surface area (TPSA) is 92.8 Å². The first-order chi connectivity index (χ1) is 12.6. The maximum absolute atomic E-state index is 12.5. The van der Waals surface area contributed by atoms with E-state index in [9.17, 15) is 9.59 Å². The zero-order chi connectivity index (χ0) is 18.8. The van der Waals surface area contributed by atoms with Gasteiger partial charge in [0.05, 0.1) is 17.9 Å². The number of nitrogens with zero attached hydrogens (tertiary/aromatic N) is 2. The first-order valence-electron chi connectivity index (χ1n) is 9.04. The Balaban J connectivity index is 1.80. The largest absolute Gasteiger partial charge is 0.450 e. The minimum atomic E-state index is -0.284. The normalized spacial score (nSPS) is 14.8. The number of carbonyl (C=O) groups is 2. The van der Waals surface area contributed by atoms with E-state index in [0.717, 1.165) is 18.7 Å². The van der Waals surface area contributed by atoms with Crippen LogP contribution in [0.3, 0.4) is 0 Å². The standard InChI is InChI=1S/C18H28N4O4/c1-3-26-18(24)22-8-5-15(6-9-22)21-17(23)14-11-16(13-19-12-14)20-7-4-10-25-2/h11-13,15,20H,3-10H2,1-2H3,(H,21,23). The van der Waals surface area contributed by atoms with Gasteiger partial charge in [-0.25, -0.2) is 4.79 Å². The third-order valence-electron chi connectivity index (χ3n) is 4.21. The Morgan fingerprint density at radius 1 is 1.31 bits per heavy atom. The number of hydrogen-bond donors (Lipinski definition) is 2. The van der Waals surface area contributed by atoms with Crippen molar-refractivity contribution in [1.82, 2.24) is 15.2 Å². The fourth-order valence-corrected chi connectivity index (χ4v) is 2.80. The van der Waals surface area contributed by atoms with Crippen LogP contribution < -0.4 is 10.6 Å². The third-order valence-corrected chi connectivity index (χ3v) is 4.21. The highest BCUT2D eigenvalue weighted by Gasteiger charge is 2.24. The van der Waals surface area contributed by atoms with E-state index in [1.54, 1.807) is 37.4 Å². The number of nitrogens with one attached hydrogen (secondary N) is 2. The van der Waals surface area contributed by atoms with E-state index in [0.29, 0.717) is 44.7 Å². The average molecular weight is 364 g/mol. The Morgan fingerprint density at radius 3 is 2.77 bits per heavy atom. The highest BCUT2D eigenvalue weighted by molar-refractivity contribution is 5.94. The van der Waals surface area contributed by atoms with Crippen molar-refractivity contribution in [3.05, 3.63) is 24.0 Å². The molecule has 0 aromatic carbocycles. The Labute approximate surface area is 154 Å². The van der Waals surface area contributed by atoms with Gasteiger partial charge < -0.3 is 25.0 Å². The summed E-state index contributed by atoms with van der Waals surface area (Å²) in [7, 11) is 1.67. The second-order valence-corrected chi connectivity index (χ2v) is 6.17. The van der Waals surface area contributed by atoms with Crippen molar-refractivity contribution >= 4 is 17.7 Å². The van der Waals surface area contributed by atoms with Gasteiger partial charge in [0.2, 0.25) is 0 Å². The van der Waals surface area contributed by atoms with Gasteiger partial charge in [-0.3, -0.25) is 9.78 Å².